The van der Waals surface area contributed by atoms with E-state index in [-0.39, 0.29) is 11.7 Å². The number of hydrogen-bond donors (Lipinski definition) is 2. The van der Waals surface area contributed by atoms with Crippen LogP contribution in [0, 0.1) is 0 Å². The van der Waals surface area contributed by atoms with E-state index in [1.807, 2.05) is 31.2 Å². The Hall–Kier alpha value is -1.95. The van der Waals surface area contributed by atoms with Gasteiger partial charge in [0.2, 0.25) is 0 Å². The van der Waals surface area contributed by atoms with Crippen LogP contribution in [0.5, 0.6) is 0 Å². The number of carbonyl (C=O) groups is 1. The van der Waals surface area contributed by atoms with E-state index < -0.39 is 5.97 Å². The first-order valence-corrected chi connectivity index (χ1v) is 6.43. The highest BCUT2D eigenvalue weighted by atomic mass is 79.9. The normalized spacial score (nSPS) is 11.9. The van der Waals surface area contributed by atoms with Gasteiger partial charge in [-0.15, -0.1) is 0 Å². The first-order valence-electron chi connectivity index (χ1n) is 5.63. The maximum absolute atomic E-state index is 10.7. The lowest BCUT2D eigenvalue weighted by Gasteiger charge is -2.14. The fourth-order valence-electron chi connectivity index (χ4n) is 1.57. The lowest BCUT2D eigenvalue weighted by molar-refractivity contribution is 0.0690. The third-order valence-corrected chi connectivity index (χ3v) is 3.13. The molecule has 0 radical (unpaired) electrons. The molecule has 0 spiro atoms. The van der Waals surface area contributed by atoms with E-state index in [1.165, 1.54) is 12.4 Å². The SMILES string of the molecule is CC(Nc1cnc(C(=O)O)cn1)c1ccc(Br)cc1. The van der Waals surface area contributed by atoms with Crippen molar-refractivity contribution in [2.45, 2.75) is 13.0 Å². The summed E-state index contributed by atoms with van der Waals surface area (Å²) < 4.78 is 1.02. The number of nitrogens with one attached hydrogen (secondary N) is 1. The number of carboxylic acid groups (broad SMARTS) is 1. The van der Waals surface area contributed by atoms with E-state index in [2.05, 4.69) is 31.2 Å². The third-order valence-electron chi connectivity index (χ3n) is 2.61. The van der Waals surface area contributed by atoms with Gasteiger partial charge in [0.15, 0.2) is 5.69 Å². The molecule has 1 atom stereocenters. The van der Waals surface area contributed by atoms with Crippen LogP contribution in [0.3, 0.4) is 0 Å². The van der Waals surface area contributed by atoms with Crippen molar-refractivity contribution in [2.75, 3.05) is 5.32 Å². The number of benzene rings is 1. The average molecular weight is 322 g/mol. The summed E-state index contributed by atoms with van der Waals surface area (Å²) in [4.78, 5) is 18.5. The van der Waals surface area contributed by atoms with Crippen molar-refractivity contribution in [2.24, 2.45) is 0 Å². The molecule has 1 unspecified atom stereocenters. The Kier molecular flexibility index (Phi) is 4.11. The zero-order valence-corrected chi connectivity index (χ0v) is 11.8. The van der Waals surface area contributed by atoms with E-state index in [4.69, 9.17) is 5.11 Å². The number of aromatic carboxylic acids is 1. The molecule has 6 heteroatoms. The van der Waals surface area contributed by atoms with Gasteiger partial charge in [0.25, 0.3) is 0 Å². The fraction of sp³-hybridized carbons (Fsp3) is 0.154. The largest absolute Gasteiger partial charge is 0.476 e. The standard InChI is InChI=1S/C13H12BrN3O2/c1-8(9-2-4-10(14)5-3-9)17-12-7-15-11(6-16-12)13(18)19/h2-8H,1H3,(H,16,17)(H,18,19). The van der Waals surface area contributed by atoms with Gasteiger partial charge in [-0.05, 0) is 24.6 Å². The van der Waals surface area contributed by atoms with Gasteiger partial charge in [-0.1, -0.05) is 28.1 Å². The van der Waals surface area contributed by atoms with E-state index in [0.29, 0.717) is 5.82 Å². The van der Waals surface area contributed by atoms with Crippen LogP contribution >= 0.6 is 15.9 Å². The topological polar surface area (TPSA) is 75.1 Å². The Balaban J connectivity index is 2.08. The first kappa shape index (κ1) is 13.5. The van der Waals surface area contributed by atoms with E-state index in [0.717, 1.165) is 10.0 Å². The molecule has 2 N–H and O–H groups in total. The average Bonchev–Trinajstić information content (AvgIpc) is 2.40. The van der Waals surface area contributed by atoms with Crippen LogP contribution in [0.1, 0.15) is 29.0 Å². The highest BCUT2D eigenvalue weighted by Crippen LogP contribution is 2.19. The smallest absolute Gasteiger partial charge is 0.356 e. The Morgan fingerprint density at radius 3 is 2.47 bits per heavy atom. The van der Waals surface area contributed by atoms with Gasteiger partial charge < -0.3 is 10.4 Å². The van der Waals surface area contributed by atoms with Gasteiger partial charge in [-0.3, -0.25) is 0 Å². The van der Waals surface area contributed by atoms with Crippen molar-refractivity contribution in [3.8, 4) is 0 Å². The van der Waals surface area contributed by atoms with Crippen LogP contribution in [0.4, 0.5) is 5.82 Å². The van der Waals surface area contributed by atoms with Crippen molar-refractivity contribution in [3.63, 3.8) is 0 Å². The van der Waals surface area contributed by atoms with Crippen LogP contribution in [0.25, 0.3) is 0 Å². The van der Waals surface area contributed by atoms with Crippen LogP contribution in [0.2, 0.25) is 0 Å². The Labute approximate surface area is 118 Å². The highest BCUT2D eigenvalue weighted by molar-refractivity contribution is 9.10. The number of anilines is 1. The van der Waals surface area contributed by atoms with Crippen molar-refractivity contribution in [1.82, 2.24) is 9.97 Å². The maximum Gasteiger partial charge on any atom is 0.356 e. The van der Waals surface area contributed by atoms with E-state index in [1.54, 1.807) is 0 Å². The number of nitrogens with zero attached hydrogens (tertiary/aromatic N) is 2. The van der Waals surface area contributed by atoms with Gasteiger partial charge >= 0.3 is 5.97 Å². The monoisotopic (exact) mass is 321 g/mol. The van der Waals surface area contributed by atoms with Gasteiger partial charge in [0.1, 0.15) is 5.82 Å². The lowest BCUT2D eigenvalue weighted by Crippen LogP contribution is -2.09. The van der Waals surface area contributed by atoms with Crippen molar-refractivity contribution >= 4 is 27.7 Å². The maximum atomic E-state index is 10.7. The molecule has 0 saturated heterocycles. The first-order chi connectivity index (χ1) is 9.06. The number of carboxylic acids is 1. The second-order valence-electron chi connectivity index (χ2n) is 4.01. The number of rotatable bonds is 4. The Morgan fingerprint density at radius 2 is 1.95 bits per heavy atom. The van der Waals surface area contributed by atoms with Gasteiger partial charge in [-0.2, -0.15) is 0 Å². The number of aromatic nitrogens is 2. The second-order valence-corrected chi connectivity index (χ2v) is 4.93. The summed E-state index contributed by atoms with van der Waals surface area (Å²) >= 11 is 3.38. The molecule has 2 rings (SSSR count). The molecule has 0 aliphatic heterocycles. The summed E-state index contributed by atoms with van der Waals surface area (Å²) in [5, 5.41) is 11.9. The van der Waals surface area contributed by atoms with Crippen LogP contribution in [0.15, 0.2) is 41.1 Å². The summed E-state index contributed by atoms with van der Waals surface area (Å²) in [7, 11) is 0. The molecule has 1 aromatic heterocycles. The molecule has 5 nitrogen and oxygen atoms in total. The van der Waals surface area contributed by atoms with Crippen LogP contribution < -0.4 is 5.32 Å². The summed E-state index contributed by atoms with van der Waals surface area (Å²) in [5.41, 5.74) is 1.04. The summed E-state index contributed by atoms with van der Waals surface area (Å²) in [6.07, 6.45) is 2.65. The molecule has 98 valence electrons. The summed E-state index contributed by atoms with van der Waals surface area (Å²) in [6, 6.07) is 7.99. The van der Waals surface area contributed by atoms with Gasteiger partial charge in [-0.25, -0.2) is 14.8 Å². The van der Waals surface area contributed by atoms with E-state index in [9.17, 15) is 4.79 Å². The quantitative estimate of drug-likeness (QED) is 0.905. The number of halogens is 1. The minimum Gasteiger partial charge on any atom is -0.476 e. The second kappa shape index (κ2) is 5.79. The molecule has 1 heterocycles. The molecule has 0 bridgehead atoms. The van der Waals surface area contributed by atoms with Crippen molar-refractivity contribution < 1.29 is 9.90 Å². The molecular formula is C13H12BrN3O2. The zero-order valence-electron chi connectivity index (χ0n) is 10.2. The molecule has 2 aromatic rings. The van der Waals surface area contributed by atoms with Gasteiger partial charge in [0.05, 0.1) is 12.4 Å². The molecular weight excluding hydrogens is 310 g/mol. The minimum absolute atomic E-state index is 0.0538. The summed E-state index contributed by atoms with van der Waals surface area (Å²) in [5.74, 6) is -0.541. The minimum atomic E-state index is -1.08. The van der Waals surface area contributed by atoms with Crippen molar-refractivity contribution in [1.29, 1.82) is 0 Å². The van der Waals surface area contributed by atoms with Crippen LogP contribution in [-0.2, 0) is 0 Å². The van der Waals surface area contributed by atoms with Gasteiger partial charge in [0, 0.05) is 10.5 Å². The Bertz CT molecular complexity index is 569. The molecule has 19 heavy (non-hydrogen) atoms. The molecule has 0 aliphatic carbocycles. The molecule has 0 amide bonds. The molecule has 0 saturated carbocycles. The highest BCUT2D eigenvalue weighted by Gasteiger charge is 2.08. The van der Waals surface area contributed by atoms with Crippen LogP contribution in [-0.4, -0.2) is 21.0 Å². The van der Waals surface area contributed by atoms with Crippen molar-refractivity contribution in [3.05, 3.63) is 52.4 Å². The molecule has 0 aliphatic rings. The number of hydrogen-bond acceptors (Lipinski definition) is 4. The summed E-state index contributed by atoms with van der Waals surface area (Å²) in [6.45, 7) is 2.00. The zero-order chi connectivity index (χ0) is 13.8. The van der Waals surface area contributed by atoms with E-state index >= 15 is 0 Å². The Morgan fingerprint density at radius 1 is 1.26 bits per heavy atom. The molecule has 1 aromatic carbocycles. The molecule has 0 fully saturated rings. The predicted molar refractivity (Wildman–Crippen MR) is 75.2 cm³/mol. The fourth-order valence-corrected chi connectivity index (χ4v) is 1.83. The lowest BCUT2D eigenvalue weighted by atomic mass is 10.1. The third kappa shape index (κ3) is 3.51. The predicted octanol–water partition coefficient (Wildman–Crippen LogP) is 3.11.